The van der Waals surface area contributed by atoms with E-state index >= 15 is 0 Å². The largest absolute Gasteiger partial charge is 0.466 e. The van der Waals surface area contributed by atoms with Crippen LogP contribution in [0.4, 0.5) is 0 Å². The molecule has 0 aliphatic carbocycles. The summed E-state index contributed by atoms with van der Waals surface area (Å²) >= 11 is 0. The van der Waals surface area contributed by atoms with Crippen molar-refractivity contribution >= 4 is 7.82 Å². The summed E-state index contributed by atoms with van der Waals surface area (Å²) < 4.78 is 21.0. The summed E-state index contributed by atoms with van der Waals surface area (Å²) in [5.74, 6) is 0. The van der Waals surface area contributed by atoms with Crippen LogP contribution >= 0.6 is 7.82 Å². The lowest BCUT2D eigenvalue weighted by molar-refractivity contribution is -0.0336. The molecule has 1 saturated heterocycles. The minimum Gasteiger partial charge on any atom is -0.382 e. The first-order chi connectivity index (χ1) is 10.1. The van der Waals surface area contributed by atoms with E-state index in [9.17, 15) is 9.59 Å². The predicted octanol–water partition coefficient (Wildman–Crippen LogP) is -0.760. The molecule has 10 nitrogen and oxygen atoms in total. The third kappa shape index (κ3) is 6.22. The van der Waals surface area contributed by atoms with Gasteiger partial charge in [-0.1, -0.05) is 0 Å². The Balaban J connectivity index is 0.000000422. The predicted molar refractivity (Wildman–Crippen MR) is 75.3 cm³/mol. The van der Waals surface area contributed by atoms with Gasteiger partial charge in [0.05, 0.1) is 12.7 Å². The molecule has 0 aromatic carbocycles. The Morgan fingerprint density at radius 3 is 2.55 bits per heavy atom. The van der Waals surface area contributed by atoms with Gasteiger partial charge in [0.2, 0.25) is 0 Å². The maximum atomic E-state index is 11.6. The molecule has 1 aliphatic heterocycles. The van der Waals surface area contributed by atoms with Gasteiger partial charge in [0.1, 0.15) is 6.23 Å². The molecule has 1 aliphatic rings. The lowest BCUT2D eigenvalue weighted by Crippen LogP contribution is -2.33. The highest BCUT2D eigenvalue weighted by atomic mass is 31.2. The van der Waals surface area contributed by atoms with E-state index in [1.807, 2.05) is 0 Å². The van der Waals surface area contributed by atoms with E-state index in [0.717, 1.165) is 12.8 Å². The molecule has 0 saturated carbocycles. The van der Waals surface area contributed by atoms with Crippen molar-refractivity contribution in [3.05, 3.63) is 32.6 Å². The van der Waals surface area contributed by atoms with Gasteiger partial charge in [-0.05, 0) is 19.8 Å². The number of hydrogen-bond donors (Lipinski definition) is 4. The fourth-order valence-electron chi connectivity index (χ4n) is 2.00. The first-order valence-electron chi connectivity index (χ1n) is 6.36. The number of nitrogens with one attached hydrogen (secondary N) is 1. The summed E-state index contributed by atoms with van der Waals surface area (Å²) in [6, 6.07) is 0. The van der Waals surface area contributed by atoms with Crippen LogP contribution in [0.25, 0.3) is 0 Å². The lowest BCUT2D eigenvalue weighted by atomic mass is 10.2. The molecule has 2 heterocycles. The van der Waals surface area contributed by atoms with Crippen LogP contribution < -0.4 is 11.2 Å². The van der Waals surface area contributed by atoms with Gasteiger partial charge in [-0.2, -0.15) is 0 Å². The number of aromatic nitrogens is 2. The molecule has 0 spiro atoms. The second kappa shape index (κ2) is 7.82. The number of aryl methyl sites for hydroxylation is 1. The Hall–Kier alpha value is -1.29. The van der Waals surface area contributed by atoms with Crippen molar-refractivity contribution in [3.8, 4) is 0 Å². The van der Waals surface area contributed by atoms with Crippen LogP contribution in [0.2, 0.25) is 0 Å². The zero-order valence-electron chi connectivity index (χ0n) is 12.1. The normalized spacial score (nSPS) is 21.3. The monoisotopic (exact) mass is 338 g/mol. The van der Waals surface area contributed by atoms with Crippen LogP contribution in [-0.4, -0.2) is 44.1 Å². The average Bonchev–Trinajstić information content (AvgIpc) is 2.80. The van der Waals surface area contributed by atoms with Gasteiger partial charge in [-0.15, -0.1) is 0 Å². The van der Waals surface area contributed by atoms with Gasteiger partial charge < -0.3 is 24.2 Å². The van der Waals surface area contributed by atoms with Crippen molar-refractivity contribution in [2.75, 3.05) is 13.7 Å². The van der Waals surface area contributed by atoms with E-state index in [2.05, 4.69) is 4.98 Å². The van der Waals surface area contributed by atoms with Gasteiger partial charge in [0.15, 0.2) is 0 Å². The average molecular weight is 338 g/mol. The number of rotatable bonds is 3. The molecule has 0 bridgehead atoms. The van der Waals surface area contributed by atoms with Crippen molar-refractivity contribution < 1.29 is 28.7 Å². The molecule has 2 atom stereocenters. The van der Waals surface area contributed by atoms with E-state index in [0.29, 0.717) is 12.2 Å². The number of hydrogen-bond acceptors (Lipinski definition) is 5. The molecule has 1 fully saturated rings. The van der Waals surface area contributed by atoms with E-state index in [1.165, 1.54) is 4.57 Å². The first-order valence-corrected chi connectivity index (χ1v) is 7.93. The Kier molecular flexibility index (Phi) is 6.66. The summed E-state index contributed by atoms with van der Waals surface area (Å²) in [6.45, 7) is 2.18. The molecule has 1 aromatic heterocycles. The third-order valence-electron chi connectivity index (χ3n) is 2.89. The van der Waals surface area contributed by atoms with Gasteiger partial charge in [-0.3, -0.25) is 14.3 Å². The topological polar surface area (TPSA) is 151 Å². The standard InChI is InChI=1S/C11H16N2O4.H3O4P/c1-7-5-13(11(15)12-10(7)14)9-4-3-8(17-9)6-16-2;1-5(2,3)4/h5,8-9H,3-4,6H2,1-2H3,(H,12,14,15);(H3,1,2,3,4)/t8-,9+;/m0./s1. The quantitative estimate of drug-likeness (QED) is 0.525. The zero-order chi connectivity index (χ0) is 16.9. The number of ether oxygens (including phenoxy) is 2. The van der Waals surface area contributed by atoms with Crippen LogP contribution in [0.1, 0.15) is 24.6 Å². The van der Waals surface area contributed by atoms with Crippen molar-refractivity contribution in [1.82, 2.24) is 9.55 Å². The summed E-state index contributed by atoms with van der Waals surface area (Å²) in [5.41, 5.74) is -0.273. The minimum atomic E-state index is -4.64. The zero-order valence-corrected chi connectivity index (χ0v) is 13.0. The minimum absolute atomic E-state index is 0.0177. The lowest BCUT2D eigenvalue weighted by Gasteiger charge is -2.15. The van der Waals surface area contributed by atoms with Gasteiger partial charge in [0, 0.05) is 18.9 Å². The SMILES string of the molecule is COC[C@@H]1CC[C@H](n2cc(C)c(=O)[nH]c2=O)O1.O=P(O)(O)O. The van der Waals surface area contributed by atoms with Crippen molar-refractivity contribution in [2.45, 2.75) is 32.1 Å². The number of aromatic amines is 1. The van der Waals surface area contributed by atoms with Crippen LogP contribution in [0.15, 0.2) is 15.8 Å². The van der Waals surface area contributed by atoms with Crippen LogP contribution in [0, 0.1) is 6.92 Å². The smallest absolute Gasteiger partial charge is 0.382 e. The summed E-state index contributed by atoms with van der Waals surface area (Å²) in [6.07, 6.45) is 2.85. The van der Waals surface area contributed by atoms with E-state index in [4.69, 9.17) is 28.7 Å². The number of H-pyrrole nitrogens is 1. The highest BCUT2D eigenvalue weighted by Crippen LogP contribution is 2.27. The second-order valence-corrected chi connectivity index (χ2v) is 5.76. The summed E-state index contributed by atoms with van der Waals surface area (Å²) in [4.78, 5) is 46.7. The Labute approximate surface area is 125 Å². The van der Waals surface area contributed by atoms with Crippen molar-refractivity contribution in [2.24, 2.45) is 0 Å². The molecule has 0 unspecified atom stereocenters. The Morgan fingerprint density at radius 1 is 1.41 bits per heavy atom. The maximum Gasteiger partial charge on any atom is 0.466 e. The number of nitrogens with zero attached hydrogens (tertiary/aromatic N) is 1. The highest BCUT2D eigenvalue weighted by Gasteiger charge is 2.27. The molecule has 0 radical (unpaired) electrons. The Bertz CT molecular complexity index is 640. The van der Waals surface area contributed by atoms with Crippen molar-refractivity contribution in [3.63, 3.8) is 0 Å². The van der Waals surface area contributed by atoms with Gasteiger partial charge >= 0.3 is 13.5 Å². The molecule has 11 heteroatoms. The maximum absolute atomic E-state index is 11.6. The van der Waals surface area contributed by atoms with Crippen LogP contribution in [0.5, 0.6) is 0 Å². The van der Waals surface area contributed by atoms with Crippen molar-refractivity contribution in [1.29, 1.82) is 0 Å². The van der Waals surface area contributed by atoms with Crippen LogP contribution in [-0.2, 0) is 14.0 Å². The third-order valence-corrected chi connectivity index (χ3v) is 2.89. The molecule has 22 heavy (non-hydrogen) atoms. The fraction of sp³-hybridized carbons (Fsp3) is 0.636. The molecule has 4 N–H and O–H groups in total. The molecule has 2 rings (SSSR count). The fourth-order valence-corrected chi connectivity index (χ4v) is 2.00. The molecule has 0 amide bonds. The highest BCUT2D eigenvalue weighted by molar-refractivity contribution is 7.45. The molecule has 126 valence electrons. The molecular weight excluding hydrogens is 319 g/mol. The Morgan fingerprint density at radius 2 is 2.00 bits per heavy atom. The number of methoxy groups -OCH3 is 1. The summed E-state index contributed by atoms with van der Waals surface area (Å²) in [5, 5.41) is 0. The van der Waals surface area contributed by atoms with Crippen LogP contribution in [0.3, 0.4) is 0 Å². The molecule has 1 aromatic rings. The first kappa shape index (κ1) is 18.8. The second-order valence-electron chi connectivity index (χ2n) is 4.74. The summed E-state index contributed by atoms with van der Waals surface area (Å²) in [7, 11) is -3.02. The van der Waals surface area contributed by atoms with E-state index in [-0.39, 0.29) is 17.9 Å². The van der Waals surface area contributed by atoms with Gasteiger partial charge in [0.25, 0.3) is 5.56 Å². The van der Waals surface area contributed by atoms with E-state index < -0.39 is 13.5 Å². The van der Waals surface area contributed by atoms with Gasteiger partial charge in [-0.25, -0.2) is 9.36 Å². The van der Waals surface area contributed by atoms with E-state index in [1.54, 1.807) is 20.2 Å². The molecular formula is C11H19N2O8P. The number of phosphoric acid groups is 1.